The van der Waals surface area contributed by atoms with Gasteiger partial charge in [-0.25, -0.2) is 0 Å². The van der Waals surface area contributed by atoms with Crippen LogP contribution in [-0.2, 0) is 17.7 Å². The van der Waals surface area contributed by atoms with E-state index in [4.69, 9.17) is 4.74 Å². The molecule has 100 valence electrons. The highest BCUT2D eigenvalue weighted by molar-refractivity contribution is 5.12. The Labute approximate surface area is 108 Å². The molecule has 4 nitrogen and oxygen atoms in total. The first-order chi connectivity index (χ1) is 8.77. The van der Waals surface area contributed by atoms with Gasteiger partial charge in [0.1, 0.15) is 0 Å². The van der Waals surface area contributed by atoms with E-state index >= 15 is 0 Å². The molecule has 3 rings (SSSR count). The summed E-state index contributed by atoms with van der Waals surface area (Å²) in [5, 5.41) is 14.2. The van der Waals surface area contributed by atoms with Gasteiger partial charge in [-0.05, 0) is 44.1 Å². The molecule has 0 radical (unpaired) electrons. The predicted octanol–water partition coefficient (Wildman–Crippen LogP) is 1.62. The molecule has 0 spiro atoms. The standard InChI is InChI=1S/C14H22N2O2/c1-2-16-9-11(8-15-16)7-14(10-17)5-6-18-13(14)12-3-4-12/h8-9,12-13,17H,2-7,10H2,1H3. The highest BCUT2D eigenvalue weighted by Crippen LogP contribution is 2.49. The Kier molecular flexibility index (Phi) is 3.16. The Hall–Kier alpha value is -0.870. The monoisotopic (exact) mass is 250 g/mol. The van der Waals surface area contributed by atoms with E-state index < -0.39 is 0 Å². The minimum atomic E-state index is -0.0667. The summed E-state index contributed by atoms with van der Waals surface area (Å²) in [6.07, 6.45) is 8.68. The number of hydrogen-bond acceptors (Lipinski definition) is 3. The molecule has 1 N–H and O–H groups in total. The molecule has 2 heterocycles. The van der Waals surface area contributed by atoms with E-state index in [0.29, 0.717) is 5.92 Å². The van der Waals surface area contributed by atoms with Crippen molar-refractivity contribution in [2.45, 2.75) is 45.3 Å². The van der Waals surface area contributed by atoms with Gasteiger partial charge in [0.05, 0.1) is 18.9 Å². The van der Waals surface area contributed by atoms with Crippen LogP contribution >= 0.6 is 0 Å². The van der Waals surface area contributed by atoms with E-state index in [2.05, 4.69) is 18.2 Å². The second kappa shape index (κ2) is 4.67. The summed E-state index contributed by atoms with van der Waals surface area (Å²) < 4.78 is 7.85. The molecule has 2 unspecified atom stereocenters. The average Bonchev–Trinajstić information content (AvgIpc) is 2.99. The second-order valence-electron chi connectivity index (χ2n) is 5.78. The largest absolute Gasteiger partial charge is 0.396 e. The Bertz CT molecular complexity index is 414. The van der Waals surface area contributed by atoms with Gasteiger partial charge in [-0.1, -0.05) is 0 Å². The second-order valence-corrected chi connectivity index (χ2v) is 5.78. The molecule has 1 aliphatic carbocycles. The molecule has 0 amide bonds. The van der Waals surface area contributed by atoms with Crippen molar-refractivity contribution in [3.63, 3.8) is 0 Å². The van der Waals surface area contributed by atoms with Crippen molar-refractivity contribution in [2.24, 2.45) is 11.3 Å². The lowest BCUT2D eigenvalue weighted by Gasteiger charge is -2.32. The number of rotatable bonds is 5. The summed E-state index contributed by atoms with van der Waals surface area (Å²) in [5.74, 6) is 0.681. The van der Waals surface area contributed by atoms with Gasteiger partial charge in [-0.15, -0.1) is 0 Å². The molecule has 2 fully saturated rings. The predicted molar refractivity (Wildman–Crippen MR) is 68.2 cm³/mol. The van der Waals surface area contributed by atoms with Crippen molar-refractivity contribution in [3.05, 3.63) is 18.0 Å². The van der Waals surface area contributed by atoms with Crippen molar-refractivity contribution in [1.82, 2.24) is 9.78 Å². The van der Waals surface area contributed by atoms with Crippen LogP contribution in [0.25, 0.3) is 0 Å². The molecule has 18 heavy (non-hydrogen) atoms. The van der Waals surface area contributed by atoms with Crippen molar-refractivity contribution in [2.75, 3.05) is 13.2 Å². The van der Waals surface area contributed by atoms with Gasteiger partial charge >= 0.3 is 0 Å². The van der Waals surface area contributed by atoms with E-state index in [9.17, 15) is 5.11 Å². The number of hydrogen-bond donors (Lipinski definition) is 1. The lowest BCUT2D eigenvalue weighted by Crippen LogP contribution is -2.38. The third-order valence-electron chi connectivity index (χ3n) is 4.43. The summed E-state index contributed by atoms with van der Waals surface area (Å²) in [6, 6.07) is 0. The van der Waals surface area contributed by atoms with Gasteiger partial charge in [0.2, 0.25) is 0 Å². The molecule has 0 bridgehead atoms. The summed E-state index contributed by atoms with van der Waals surface area (Å²) in [7, 11) is 0. The summed E-state index contributed by atoms with van der Waals surface area (Å²) >= 11 is 0. The molecule has 1 aliphatic heterocycles. The molecular weight excluding hydrogens is 228 g/mol. The SMILES string of the molecule is CCn1cc(CC2(CO)CCOC2C2CC2)cn1. The van der Waals surface area contributed by atoms with E-state index in [0.717, 1.165) is 26.0 Å². The van der Waals surface area contributed by atoms with Crippen molar-refractivity contribution in [3.8, 4) is 0 Å². The third kappa shape index (κ3) is 2.08. The van der Waals surface area contributed by atoms with E-state index in [1.165, 1.54) is 18.4 Å². The van der Waals surface area contributed by atoms with Gasteiger partial charge in [0.25, 0.3) is 0 Å². The average molecular weight is 250 g/mol. The zero-order valence-electron chi connectivity index (χ0n) is 11.0. The van der Waals surface area contributed by atoms with Crippen LogP contribution in [0, 0.1) is 11.3 Å². The fourth-order valence-electron chi connectivity index (χ4n) is 3.23. The van der Waals surface area contributed by atoms with Crippen molar-refractivity contribution < 1.29 is 9.84 Å². The minimum Gasteiger partial charge on any atom is -0.396 e. The third-order valence-corrected chi connectivity index (χ3v) is 4.43. The van der Waals surface area contributed by atoms with Gasteiger partial charge in [0, 0.05) is 24.8 Å². The van der Waals surface area contributed by atoms with Crippen LogP contribution in [0.1, 0.15) is 31.7 Å². The van der Waals surface area contributed by atoms with Crippen LogP contribution in [0.4, 0.5) is 0 Å². The van der Waals surface area contributed by atoms with E-state index in [1.807, 2.05) is 10.9 Å². The number of aliphatic hydroxyl groups is 1. The number of aliphatic hydroxyl groups excluding tert-OH is 1. The summed E-state index contributed by atoms with van der Waals surface area (Å²) in [5.41, 5.74) is 1.16. The zero-order valence-corrected chi connectivity index (χ0v) is 11.0. The molecule has 1 aromatic rings. The van der Waals surface area contributed by atoms with Crippen LogP contribution in [0.3, 0.4) is 0 Å². The number of ether oxygens (including phenoxy) is 1. The van der Waals surface area contributed by atoms with Gasteiger partial charge in [-0.3, -0.25) is 4.68 Å². The van der Waals surface area contributed by atoms with Crippen LogP contribution in [0.5, 0.6) is 0 Å². The van der Waals surface area contributed by atoms with Crippen LogP contribution in [-0.4, -0.2) is 34.2 Å². The van der Waals surface area contributed by atoms with Gasteiger partial charge in [-0.2, -0.15) is 5.10 Å². The first kappa shape index (κ1) is 12.2. The quantitative estimate of drug-likeness (QED) is 0.864. The molecule has 0 aromatic carbocycles. The first-order valence-corrected chi connectivity index (χ1v) is 7.01. The molecule has 2 atom stereocenters. The molecule has 4 heteroatoms. The smallest absolute Gasteiger partial charge is 0.0685 e. The summed E-state index contributed by atoms with van der Waals surface area (Å²) in [4.78, 5) is 0. The molecule has 1 aromatic heterocycles. The van der Waals surface area contributed by atoms with Crippen molar-refractivity contribution in [1.29, 1.82) is 0 Å². The number of aromatic nitrogens is 2. The van der Waals surface area contributed by atoms with E-state index in [-0.39, 0.29) is 18.1 Å². The Morgan fingerprint density at radius 1 is 1.56 bits per heavy atom. The first-order valence-electron chi connectivity index (χ1n) is 7.01. The lowest BCUT2D eigenvalue weighted by atomic mass is 9.75. The fraction of sp³-hybridized carbons (Fsp3) is 0.786. The lowest BCUT2D eigenvalue weighted by molar-refractivity contribution is 0.000577. The highest BCUT2D eigenvalue weighted by Gasteiger charge is 2.50. The highest BCUT2D eigenvalue weighted by atomic mass is 16.5. The maximum absolute atomic E-state index is 9.88. The topological polar surface area (TPSA) is 47.3 Å². The molecule has 1 saturated carbocycles. The fourth-order valence-corrected chi connectivity index (χ4v) is 3.23. The van der Waals surface area contributed by atoms with Gasteiger partial charge < -0.3 is 9.84 Å². The Balaban J connectivity index is 1.78. The normalized spacial score (nSPS) is 32.0. The van der Waals surface area contributed by atoms with Crippen LogP contribution in [0.15, 0.2) is 12.4 Å². The van der Waals surface area contributed by atoms with Gasteiger partial charge in [0.15, 0.2) is 0 Å². The molecule has 1 saturated heterocycles. The number of nitrogens with zero attached hydrogens (tertiary/aromatic N) is 2. The maximum Gasteiger partial charge on any atom is 0.0685 e. The zero-order chi connectivity index (χ0) is 12.6. The molecule has 2 aliphatic rings. The Morgan fingerprint density at radius 3 is 3.00 bits per heavy atom. The molecular formula is C14H22N2O2. The minimum absolute atomic E-state index is 0.0667. The number of aryl methyl sites for hydroxylation is 1. The Morgan fingerprint density at radius 2 is 2.39 bits per heavy atom. The summed E-state index contributed by atoms with van der Waals surface area (Å²) in [6.45, 7) is 4.01. The van der Waals surface area contributed by atoms with Crippen LogP contribution in [0.2, 0.25) is 0 Å². The van der Waals surface area contributed by atoms with Crippen molar-refractivity contribution >= 4 is 0 Å². The van der Waals surface area contributed by atoms with Crippen LogP contribution < -0.4 is 0 Å². The maximum atomic E-state index is 9.88. The van der Waals surface area contributed by atoms with E-state index in [1.54, 1.807) is 0 Å².